The largest absolute Gasteiger partial charge is 0.492 e. The van der Waals surface area contributed by atoms with Gasteiger partial charge in [-0.3, -0.25) is 9.59 Å². The lowest BCUT2D eigenvalue weighted by Crippen LogP contribution is -2.43. The van der Waals surface area contributed by atoms with Crippen LogP contribution in [-0.4, -0.2) is 30.1 Å². The molecule has 3 aromatic carbocycles. The second-order valence-corrected chi connectivity index (χ2v) is 7.28. The van der Waals surface area contributed by atoms with Crippen molar-refractivity contribution < 1.29 is 19.4 Å². The molecule has 1 atom stereocenters. The lowest BCUT2D eigenvalue weighted by molar-refractivity contribution is -0.136. The molecule has 2 amide bonds. The fourth-order valence-electron chi connectivity index (χ4n) is 3.12. The molecule has 0 aliphatic rings. The quantitative estimate of drug-likeness (QED) is 0.511. The van der Waals surface area contributed by atoms with Crippen molar-refractivity contribution in [3.63, 3.8) is 0 Å². The number of anilines is 1. The number of ether oxygens (including phenoxy) is 1. The Balaban J connectivity index is 1.60. The van der Waals surface area contributed by atoms with Crippen molar-refractivity contribution in [2.24, 2.45) is 0 Å². The van der Waals surface area contributed by atoms with E-state index in [0.717, 1.165) is 11.1 Å². The smallest absolute Gasteiger partial charge is 0.313 e. The minimum Gasteiger partial charge on any atom is -0.492 e. The summed E-state index contributed by atoms with van der Waals surface area (Å²) in [6, 6.07) is 24.2. The van der Waals surface area contributed by atoms with E-state index in [1.165, 1.54) is 0 Å². The average Bonchev–Trinajstić information content (AvgIpc) is 2.79. The molecule has 3 rings (SSSR count). The van der Waals surface area contributed by atoms with Crippen molar-refractivity contribution >= 4 is 17.5 Å². The molecule has 0 bridgehead atoms. The summed E-state index contributed by atoms with van der Waals surface area (Å²) >= 11 is 0. The van der Waals surface area contributed by atoms with Crippen LogP contribution in [0.1, 0.15) is 19.4 Å². The molecular weight excluding hydrogens is 392 g/mol. The van der Waals surface area contributed by atoms with Gasteiger partial charge in [-0.15, -0.1) is 0 Å². The molecule has 0 radical (unpaired) electrons. The highest BCUT2D eigenvalue weighted by molar-refractivity contribution is 6.39. The highest BCUT2D eigenvalue weighted by Gasteiger charge is 2.26. The van der Waals surface area contributed by atoms with Crippen molar-refractivity contribution in [1.82, 2.24) is 5.32 Å². The summed E-state index contributed by atoms with van der Waals surface area (Å²) in [5.41, 5.74) is 1.80. The number of hydrogen-bond acceptors (Lipinski definition) is 4. The van der Waals surface area contributed by atoms with E-state index in [-0.39, 0.29) is 6.54 Å². The molecule has 3 aromatic rings. The molecule has 0 spiro atoms. The third-order valence-electron chi connectivity index (χ3n) is 4.85. The third kappa shape index (κ3) is 5.71. The summed E-state index contributed by atoms with van der Waals surface area (Å²) in [5, 5.41) is 15.9. The van der Waals surface area contributed by atoms with Crippen LogP contribution in [0, 0.1) is 0 Å². The molecule has 160 valence electrons. The van der Waals surface area contributed by atoms with Gasteiger partial charge >= 0.3 is 11.8 Å². The monoisotopic (exact) mass is 418 g/mol. The highest BCUT2D eigenvalue weighted by Crippen LogP contribution is 2.25. The predicted octanol–water partition coefficient (Wildman–Crippen LogP) is 3.71. The SMILES string of the molecule is CCOc1ccccc1NC(=O)C(=O)NCC(C)(O)c1ccc(-c2ccccc2)cc1. The van der Waals surface area contributed by atoms with Gasteiger partial charge in [-0.2, -0.15) is 0 Å². The molecule has 3 N–H and O–H groups in total. The average molecular weight is 418 g/mol. The number of aliphatic hydroxyl groups is 1. The van der Waals surface area contributed by atoms with Crippen LogP contribution < -0.4 is 15.4 Å². The van der Waals surface area contributed by atoms with Crippen molar-refractivity contribution in [3.05, 3.63) is 84.4 Å². The Morgan fingerprint density at radius 3 is 2.16 bits per heavy atom. The molecular formula is C25H26N2O4. The zero-order valence-corrected chi connectivity index (χ0v) is 17.6. The van der Waals surface area contributed by atoms with E-state index in [1.807, 2.05) is 61.5 Å². The number of para-hydroxylation sites is 2. The summed E-state index contributed by atoms with van der Waals surface area (Å²) in [4.78, 5) is 24.5. The summed E-state index contributed by atoms with van der Waals surface area (Å²) in [6.07, 6.45) is 0. The second kappa shape index (κ2) is 9.91. The van der Waals surface area contributed by atoms with Gasteiger partial charge in [-0.1, -0.05) is 66.7 Å². The van der Waals surface area contributed by atoms with E-state index in [4.69, 9.17) is 4.74 Å². The fraction of sp³-hybridized carbons (Fsp3) is 0.200. The molecule has 0 aromatic heterocycles. The van der Waals surface area contributed by atoms with Crippen LogP contribution in [-0.2, 0) is 15.2 Å². The van der Waals surface area contributed by atoms with Gasteiger partial charge in [0, 0.05) is 0 Å². The molecule has 0 fully saturated rings. The second-order valence-electron chi connectivity index (χ2n) is 7.28. The Labute approximate surface area is 181 Å². The molecule has 0 saturated carbocycles. The maximum atomic E-state index is 12.3. The van der Waals surface area contributed by atoms with E-state index in [9.17, 15) is 14.7 Å². The topological polar surface area (TPSA) is 87.7 Å². The number of carbonyl (C=O) groups is 2. The van der Waals surface area contributed by atoms with Crippen molar-refractivity contribution in [3.8, 4) is 16.9 Å². The van der Waals surface area contributed by atoms with Gasteiger partial charge in [0.1, 0.15) is 11.4 Å². The molecule has 0 heterocycles. The van der Waals surface area contributed by atoms with E-state index in [0.29, 0.717) is 23.6 Å². The van der Waals surface area contributed by atoms with Gasteiger partial charge in [-0.25, -0.2) is 0 Å². The van der Waals surface area contributed by atoms with Crippen LogP contribution in [0.5, 0.6) is 5.75 Å². The van der Waals surface area contributed by atoms with Crippen LogP contribution in [0.3, 0.4) is 0 Å². The maximum Gasteiger partial charge on any atom is 0.313 e. The lowest BCUT2D eigenvalue weighted by Gasteiger charge is -2.24. The van der Waals surface area contributed by atoms with Gasteiger partial charge in [-0.05, 0) is 42.7 Å². The van der Waals surface area contributed by atoms with Gasteiger partial charge in [0.05, 0.1) is 18.8 Å². The van der Waals surface area contributed by atoms with E-state index in [1.54, 1.807) is 31.2 Å². The first-order valence-corrected chi connectivity index (χ1v) is 10.1. The fourth-order valence-corrected chi connectivity index (χ4v) is 3.12. The number of rotatable bonds is 7. The van der Waals surface area contributed by atoms with Crippen molar-refractivity contribution in [2.45, 2.75) is 19.4 Å². The molecule has 0 aliphatic carbocycles. The molecule has 6 heteroatoms. The zero-order valence-electron chi connectivity index (χ0n) is 17.6. The Kier molecular flexibility index (Phi) is 7.05. The Morgan fingerprint density at radius 1 is 0.871 bits per heavy atom. The lowest BCUT2D eigenvalue weighted by atomic mass is 9.93. The predicted molar refractivity (Wildman–Crippen MR) is 121 cm³/mol. The first-order valence-electron chi connectivity index (χ1n) is 10.1. The Morgan fingerprint density at radius 2 is 1.48 bits per heavy atom. The molecule has 0 aliphatic heterocycles. The maximum absolute atomic E-state index is 12.3. The number of benzene rings is 3. The van der Waals surface area contributed by atoms with Gasteiger partial charge in [0.25, 0.3) is 0 Å². The van der Waals surface area contributed by atoms with Gasteiger partial charge in [0.2, 0.25) is 0 Å². The minimum absolute atomic E-state index is 0.114. The van der Waals surface area contributed by atoms with E-state index >= 15 is 0 Å². The minimum atomic E-state index is -1.34. The third-order valence-corrected chi connectivity index (χ3v) is 4.85. The molecule has 31 heavy (non-hydrogen) atoms. The van der Waals surface area contributed by atoms with Crippen LogP contribution in [0.4, 0.5) is 5.69 Å². The number of hydrogen-bond donors (Lipinski definition) is 3. The first kappa shape index (κ1) is 22.1. The van der Waals surface area contributed by atoms with Crippen LogP contribution in [0.2, 0.25) is 0 Å². The van der Waals surface area contributed by atoms with E-state index in [2.05, 4.69) is 10.6 Å². The van der Waals surface area contributed by atoms with Crippen LogP contribution >= 0.6 is 0 Å². The number of amides is 2. The normalized spacial score (nSPS) is 12.5. The summed E-state index contributed by atoms with van der Waals surface area (Å²) in [7, 11) is 0. The van der Waals surface area contributed by atoms with E-state index < -0.39 is 17.4 Å². The van der Waals surface area contributed by atoms with Crippen molar-refractivity contribution in [1.29, 1.82) is 0 Å². The first-order chi connectivity index (χ1) is 14.9. The Bertz CT molecular complexity index is 1030. The molecule has 6 nitrogen and oxygen atoms in total. The zero-order chi connectivity index (χ0) is 22.3. The summed E-state index contributed by atoms with van der Waals surface area (Å²) in [5.74, 6) is -1.19. The standard InChI is InChI=1S/C25H26N2O4/c1-3-31-22-12-8-7-11-21(22)27-24(29)23(28)26-17-25(2,30)20-15-13-19(14-16-20)18-9-5-4-6-10-18/h4-16,30H,3,17H2,1-2H3,(H,26,28)(H,27,29). The van der Waals surface area contributed by atoms with Crippen LogP contribution in [0.15, 0.2) is 78.9 Å². The van der Waals surface area contributed by atoms with Gasteiger partial charge in [0.15, 0.2) is 0 Å². The molecule has 0 saturated heterocycles. The number of nitrogens with one attached hydrogen (secondary N) is 2. The van der Waals surface area contributed by atoms with Crippen LogP contribution in [0.25, 0.3) is 11.1 Å². The summed E-state index contributed by atoms with van der Waals surface area (Å²) < 4.78 is 5.44. The number of carbonyl (C=O) groups excluding carboxylic acids is 2. The van der Waals surface area contributed by atoms with Crippen molar-refractivity contribution in [2.75, 3.05) is 18.5 Å². The summed E-state index contributed by atoms with van der Waals surface area (Å²) in [6.45, 7) is 3.74. The van der Waals surface area contributed by atoms with Gasteiger partial charge < -0.3 is 20.5 Å². The molecule has 1 unspecified atom stereocenters. The Hall–Kier alpha value is -3.64. The highest BCUT2D eigenvalue weighted by atomic mass is 16.5.